The smallest absolute Gasteiger partial charge is 0.320 e. The van der Waals surface area contributed by atoms with Gasteiger partial charge in [-0.2, -0.15) is 0 Å². The molecule has 0 saturated carbocycles. The molecule has 1 aromatic carbocycles. The third-order valence-electron chi connectivity index (χ3n) is 13.4. The van der Waals surface area contributed by atoms with Crippen LogP contribution in [-0.2, 0) is 9.59 Å². The topological polar surface area (TPSA) is 208 Å². The summed E-state index contributed by atoms with van der Waals surface area (Å²) < 4.78 is 0. The van der Waals surface area contributed by atoms with Crippen molar-refractivity contribution in [3.63, 3.8) is 0 Å². The number of hydrazine groups is 1. The number of hydrogen-bond acceptors (Lipinski definition) is 12. The SMILES string of the molecule is CN1CCN([C@@H]2CCCN(c3cnc(C(N)=O)c(NC4CC5CN(CC6CCN(c7ccc8c(c7)C(=O)N([C@@H]7CCC(=O)NC7=O)C8=O)CC6)CCN5[N+]4=O)c3)C2)C1=O. The number of rotatable bonds is 9. The Morgan fingerprint density at radius 2 is 1.68 bits per heavy atom. The molecule has 9 rings (SSSR count). The van der Waals surface area contributed by atoms with Crippen molar-refractivity contribution in [1.29, 1.82) is 0 Å². The summed E-state index contributed by atoms with van der Waals surface area (Å²) in [6.07, 6.45) is 5.51. The lowest BCUT2D eigenvalue weighted by Crippen LogP contribution is -2.54. The van der Waals surface area contributed by atoms with Crippen molar-refractivity contribution in [1.82, 2.24) is 34.9 Å². The zero-order valence-corrected chi connectivity index (χ0v) is 33.3. The fraction of sp³-hybridized carbons (Fsp3) is 0.575. The van der Waals surface area contributed by atoms with E-state index in [1.807, 2.05) is 29.1 Å². The Bertz CT molecular complexity index is 2110. The number of anilines is 3. The summed E-state index contributed by atoms with van der Waals surface area (Å²) in [6, 6.07) is 6.26. The number of primary amides is 1. The number of nitrogens with one attached hydrogen (secondary N) is 2. The summed E-state index contributed by atoms with van der Waals surface area (Å²) >= 11 is 0. The molecule has 2 aromatic rings. The van der Waals surface area contributed by atoms with Crippen LogP contribution in [-0.4, -0.2) is 167 Å². The molecule has 7 amide bonds. The number of nitroso groups, excluding NO2 is 1. The van der Waals surface area contributed by atoms with Crippen LogP contribution in [0.4, 0.5) is 21.9 Å². The lowest BCUT2D eigenvalue weighted by Gasteiger charge is -2.38. The van der Waals surface area contributed by atoms with Crippen LogP contribution in [0.15, 0.2) is 30.5 Å². The molecule has 59 heavy (non-hydrogen) atoms. The van der Waals surface area contributed by atoms with Crippen LogP contribution in [0.25, 0.3) is 0 Å². The number of fused-ring (bicyclic) bond motifs is 2. The Morgan fingerprint density at radius 3 is 2.42 bits per heavy atom. The molecule has 7 aliphatic rings. The number of urea groups is 1. The molecule has 19 heteroatoms. The fourth-order valence-electron chi connectivity index (χ4n) is 10.1. The second-order valence-electron chi connectivity index (χ2n) is 17.0. The Hall–Kier alpha value is -5.85. The van der Waals surface area contributed by atoms with Gasteiger partial charge in [-0.15, -0.1) is 5.01 Å². The lowest BCUT2D eigenvalue weighted by molar-refractivity contribution is -0.713. The van der Waals surface area contributed by atoms with E-state index in [1.165, 1.54) is 0 Å². The molecule has 312 valence electrons. The van der Waals surface area contributed by atoms with E-state index in [0.717, 1.165) is 86.1 Å². The summed E-state index contributed by atoms with van der Waals surface area (Å²) in [6.45, 7) is 7.41. The highest BCUT2D eigenvalue weighted by Gasteiger charge is 2.50. The lowest BCUT2D eigenvalue weighted by atomic mass is 9.94. The zero-order valence-electron chi connectivity index (χ0n) is 33.3. The van der Waals surface area contributed by atoms with Gasteiger partial charge < -0.3 is 30.7 Å². The van der Waals surface area contributed by atoms with Crippen molar-refractivity contribution < 1.29 is 33.6 Å². The maximum Gasteiger partial charge on any atom is 0.320 e. The van der Waals surface area contributed by atoms with Crippen LogP contribution < -0.4 is 26.2 Å². The first-order chi connectivity index (χ1) is 28.4. The number of carbonyl (C=O) groups excluding carboxylic acids is 6. The van der Waals surface area contributed by atoms with Crippen LogP contribution in [0.3, 0.4) is 0 Å². The molecular formula is C40H51N12O7+. The first-order valence-electron chi connectivity index (χ1n) is 20.8. The number of aromatic nitrogens is 1. The number of nitrogens with zero attached hydrogens (tertiary/aromatic N) is 9. The number of piperazine rings is 1. The van der Waals surface area contributed by atoms with E-state index in [4.69, 9.17) is 5.73 Å². The maximum atomic E-state index is 13.7. The predicted molar refractivity (Wildman–Crippen MR) is 213 cm³/mol. The van der Waals surface area contributed by atoms with Gasteiger partial charge >= 0.3 is 12.2 Å². The van der Waals surface area contributed by atoms with E-state index in [9.17, 15) is 33.7 Å². The van der Waals surface area contributed by atoms with E-state index in [2.05, 4.69) is 30.3 Å². The van der Waals surface area contributed by atoms with E-state index >= 15 is 0 Å². The second-order valence-corrected chi connectivity index (χ2v) is 17.0. The fourth-order valence-corrected chi connectivity index (χ4v) is 10.1. The number of carbonyl (C=O) groups is 6. The predicted octanol–water partition coefficient (Wildman–Crippen LogP) is 0.656. The Kier molecular flexibility index (Phi) is 10.1. The molecule has 6 fully saturated rings. The van der Waals surface area contributed by atoms with Gasteiger partial charge in [-0.05, 0) is 62.3 Å². The van der Waals surface area contributed by atoms with Gasteiger partial charge in [0.2, 0.25) is 11.8 Å². The number of amides is 7. The third kappa shape index (κ3) is 7.18. The average Bonchev–Trinajstić information content (AvgIpc) is 3.82. The van der Waals surface area contributed by atoms with Gasteiger partial charge in [0.1, 0.15) is 17.0 Å². The van der Waals surface area contributed by atoms with Gasteiger partial charge in [-0.1, -0.05) is 0 Å². The molecule has 0 bridgehead atoms. The minimum atomic E-state index is -0.996. The molecule has 4 atom stereocenters. The third-order valence-corrected chi connectivity index (χ3v) is 13.4. The van der Waals surface area contributed by atoms with E-state index in [1.54, 1.807) is 23.2 Å². The second kappa shape index (κ2) is 15.4. The van der Waals surface area contributed by atoms with Crippen LogP contribution in [0.2, 0.25) is 0 Å². The number of imide groups is 2. The molecule has 1 aromatic heterocycles. The molecule has 6 saturated heterocycles. The average molecular weight is 812 g/mol. The Labute approximate surface area is 341 Å². The molecule has 4 N–H and O–H groups in total. The van der Waals surface area contributed by atoms with Crippen LogP contribution in [0.1, 0.15) is 76.2 Å². The Morgan fingerprint density at radius 1 is 0.881 bits per heavy atom. The summed E-state index contributed by atoms with van der Waals surface area (Å²) in [5.41, 5.74) is 8.48. The minimum Gasteiger partial charge on any atom is -0.371 e. The molecule has 0 radical (unpaired) electrons. The van der Waals surface area contributed by atoms with Crippen molar-refractivity contribution >= 4 is 52.6 Å². The molecule has 2 unspecified atom stereocenters. The first kappa shape index (κ1) is 38.7. The highest BCUT2D eigenvalue weighted by Crippen LogP contribution is 2.34. The van der Waals surface area contributed by atoms with Gasteiger partial charge in [0.25, 0.3) is 17.7 Å². The summed E-state index contributed by atoms with van der Waals surface area (Å²) in [5, 5.41) is 7.44. The van der Waals surface area contributed by atoms with Crippen molar-refractivity contribution in [2.24, 2.45) is 11.7 Å². The molecule has 7 aliphatic heterocycles. The Balaban J connectivity index is 0.790. The van der Waals surface area contributed by atoms with E-state index in [-0.39, 0.29) is 47.8 Å². The van der Waals surface area contributed by atoms with Gasteiger partial charge in [0.05, 0.1) is 52.6 Å². The normalized spacial score (nSPS) is 26.9. The van der Waals surface area contributed by atoms with Gasteiger partial charge in [-0.25, -0.2) is 9.78 Å². The zero-order chi connectivity index (χ0) is 41.1. The first-order valence-corrected chi connectivity index (χ1v) is 20.8. The van der Waals surface area contributed by atoms with Crippen LogP contribution in [0, 0.1) is 10.8 Å². The van der Waals surface area contributed by atoms with Crippen LogP contribution in [0.5, 0.6) is 0 Å². The maximum absolute atomic E-state index is 13.7. The van der Waals surface area contributed by atoms with Gasteiger partial charge in [-0.3, -0.25) is 39.1 Å². The monoisotopic (exact) mass is 811 g/mol. The number of benzene rings is 1. The van der Waals surface area contributed by atoms with Gasteiger partial charge in [0.15, 0.2) is 5.69 Å². The number of piperidine rings is 3. The van der Waals surface area contributed by atoms with Crippen molar-refractivity contribution in [3.05, 3.63) is 52.2 Å². The molecule has 19 nitrogen and oxygen atoms in total. The van der Waals surface area contributed by atoms with Crippen molar-refractivity contribution in [3.8, 4) is 0 Å². The molecular weight excluding hydrogens is 761 g/mol. The summed E-state index contributed by atoms with van der Waals surface area (Å²) in [5.74, 6) is -2.28. The molecule has 0 spiro atoms. The van der Waals surface area contributed by atoms with E-state index in [0.29, 0.717) is 44.2 Å². The summed E-state index contributed by atoms with van der Waals surface area (Å²) in [7, 11) is 1.82. The quantitative estimate of drug-likeness (QED) is 0.235. The standard InChI is InChI=1S/C40H50N12O7/c1-45-13-15-49(40(45)58)26-3-2-10-48(23-26)27-18-31(35(36(41)54)42-20-27)43-33-19-28-22-46(14-16-50(28)52(33)59)21-24-8-11-47(12-9-24)25-4-5-29-30(17-25)39(57)51(38(29)56)32-6-7-34(53)44-37(32)55/h4-5,17-18,20,24,26,28,32-33H,2-3,6-16,19,21-23H2,1H3,(H3-,41,43,44,53,54,55)/p+1/t26-,28?,32-,33?/m1/s1. The van der Waals surface area contributed by atoms with E-state index < -0.39 is 41.7 Å². The number of likely N-dealkylation sites (N-methyl/N-ethyl adjacent to an activating group) is 1. The number of nitrogens with two attached hydrogens (primary N) is 1. The van der Waals surface area contributed by atoms with Gasteiger partial charge in [0, 0.05) is 78.1 Å². The number of hydrogen-bond donors (Lipinski definition) is 3. The summed E-state index contributed by atoms with van der Waals surface area (Å²) in [4.78, 5) is 107. The molecule has 8 heterocycles. The van der Waals surface area contributed by atoms with Crippen molar-refractivity contribution in [2.75, 3.05) is 87.6 Å². The largest absolute Gasteiger partial charge is 0.371 e. The number of pyridine rings is 1. The highest BCUT2D eigenvalue weighted by molar-refractivity contribution is 6.23. The highest BCUT2D eigenvalue weighted by atomic mass is 16.3. The minimum absolute atomic E-state index is 0.00242. The van der Waals surface area contributed by atoms with Crippen molar-refractivity contribution in [2.45, 2.75) is 69.2 Å². The van der Waals surface area contributed by atoms with Crippen LogP contribution >= 0.6 is 0 Å². The molecule has 0 aliphatic carbocycles.